The van der Waals surface area contributed by atoms with Gasteiger partial charge >= 0.3 is 7.12 Å². The number of benzene rings is 3. The molecule has 3 aromatic rings. The van der Waals surface area contributed by atoms with Crippen LogP contribution >= 0.6 is 0 Å². The number of hydrogen-bond donors (Lipinski definition) is 2. The molecule has 24 heavy (non-hydrogen) atoms. The minimum Gasteiger partial charge on any atom is -0.423 e. The van der Waals surface area contributed by atoms with Crippen molar-refractivity contribution >= 4 is 12.6 Å². The van der Waals surface area contributed by atoms with Gasteiger partial charge < -0.3 is 10.0 Å². The molecule has 0 aromatic heterocycles. The van der Waals surface area contributed by atoms with Gasteiger partial charge in [-0.1, -0.05) is 74.5 Å². The highest BCUT2D eigenvalue weighted by Gasteiger charge is 2.38. The molecular formula is C21H19BO2. The van der Waals surface area contributed by atoms with Crippen LogP contribution in [0.4, 0.5) is 0 Å². The van der Waals surface area contributed by atoms with Gasteiger partial charge in [-0.3, -0.25) is 0 Å². The van der Waals surface area contributed by atoms with Gasteiger partial charge in [0.1, 0.15) is 0 Å². The summed E-state index contributed by atoms with van der Waals surface area (Å²) in [5.74, 6) is 0. The van der Waals surface area contributed by atoms with E-state index in [0.717, 1.165) is 16.7 Å². The van der Waals surface area contributed by atoms with E-state index >= 15 is 0 Å². The van der Waals surface area contributed by atoms with Crippen LogP contribution in [-0.2, 0) is 5.41 Å². The summed E-state index contributed by atoms with van der Waals surface area (Å²) in [7, 11) is -1.46. The average Bonchev–Trinajstić information content (AvgIpc) is 2.83. The van der Waals surface area contributed by atoms with Gasteiger partial charge in [-0.05, 0) is 44.9 Å². The van der Waals surface area contributed by atoms with E-state index in [-0.39, 0.29) is 5.41 Å². The highest BCUT2D eigenvalue weighted by atomic mass is 16.4. The third kappa shape index (κ3) is 2.13. The van der Waals surface area contributed by atoms with Crippen molar-refractivity contribution in [2.24, 2.45) is 0 Å². The lowest BCUT2D eigenvalue weighted by molar-refractivity contribution is 0.426. The quantitative estimate of drug-likeness (QED) is 0.712. The van der Waals surface area contributed by atoms with Crippen LogP contribution in [0, 0.1) is 0 Å². The molecule has 0 radical (unpaired) electrons. The Morgan fingerprint density at radius 2 is 1.50 bits per heavy atom. The molecule has 0 spiro atoms. The van der Waals surface area contributed by atoms with E-state index in [4.69, 9.17) is 0 Å². The van der Waals surface area contributed by atoms with E-state index in [2.05, 4.69) is 50.2 Å². The molecule has 2 nitrogen and oxygen atoms in total. The zero-order valence-electron chi connectivity index (χ0n) is 13.8. The molecule has 0 aliphatic heterocycles. The predicted octanol–water partition coefficient (Wildman–Crippen LogP) is 3.34. The average molecular weight is 314 g/mol. The maximum atomic E-state index is 9.77. The summed E-state index contributed by atoms with van der Waals surface area (Å²) in [6.45, 7) is 4.39. The highest BCUT2D eigenvalue weighted by molar-refractivity contribution is 6.60. The van der Waals surface area contributed by atoms with Crippen molar-refractivity contribution in [1.82, 2.24) is 0 Å². The molecule has 0 atom stereocenters. The Morgan fingerprint density at radius 1 is 0.750 bits per heavy atom. The lowest BCUT2D eigenvalue weighted by Crippen LogP contribution is -2.32. The predicted molar refractivity (Wildman–Crippen MR) is 99.3 cm³/mol. The van der Waals surface area contributed by atoms with Crippen LogP contribution in [-0.4, -0.2) is 17.2 Å². The molecule has 3 heteroatoms. The summed E-state index contributed by atoms with van der Waals surface area (Å²) in [6.07, 6.45) is 0. The maximum absolute atomic E-state index is 9.77. The summed E-state index contributed by atoms with van der Waals surface area (Å²) in [5.41, 5.74) is 7.22. The monoisotopic (exact) mass is 314 g/mol. The molecule has 1 aliphatic rings. The summed E-state index contributed by atoms with van der Waals surface area (Å²) in [6, 6.07) is 22.6. The molecule has 1 aliphatic carbocycles. The van der Waals surface area contributed by atoms with Crippen LogP contribution in [0.2, 0.25) is 0 Å². The second kappa shape index (κ2) is 5.33. The van der Waals surface area contributed by atoms with E-state index in [0.29, 0.717) is 5.46 Å². The Bertz CT molecular complexity index is 914. The normalized spacial score (nSPS) is 14.2. The van der Waals surface area contributed by atoms with Gasteiger partial charge in [-0.2, -0.15) is 0 Å². The summed E-state index contributed by atoms with van der Waals surface area (Å²) < 4.78 is 0. The lowest BCUT2D eigenvalue weighted by Gasteiger charge is -2.22. The minimum atomic E-state index is -1.46. The Kier molecular flexibility index (Phi) is 3.38. The first-order valence-electron chi connectivity index (χ1n) is 8.20. The molecule has 4 rings (SSSR count). The fourth-order valence-electron chi connectivity index (χ4n) is 3.84. The van der Waals surface area contributed by atoms with Gasteiger partial charge in [0.2, 0.25) is 0 Å². The third-order valence-corrected chi connectivity index (χ3v) is 5.12. The van der Waals surface area contributed by atoms with Crippen molar-refractivity contribution in [3.8, 4) is 22.3 Å². The van der Waals surface area contributed by atoms with Gasteiger partial charge in [0, 0.05) is 5.41 Å². The Labute approximate surface area is 142 Å². The van der Waals surface area contributed by atoms with E-state index in [9.17, 15) is 10.0 Å². The Hall–Kier alpha value is -2.36. The van der Waals surface area contributed by atoms with Gasteiger partial charge in [-0.15, -0.1) is 0 Å². The summed E-state index contributed by atoms with van der Waals surface area (Å²) in [4.78, 5) is 0. The first kappa shape index (κ1) is 15.2. The fraction of sp³-hybridized carbons (Fsp3) is 0.143. The van der Waals surface area contributed by atoms with Crippen molar-refractivity contribution in [3.05, 3.63) is 77.9 Å². The van der Waals surface area contributed by atoms with Gasteiger partial charge in [-0.25, -0.2) is 0 Å². The largest absolute Gasteiger partial charge is 0.489 e. The molecule has 2 N–H and O–H groups in total. The van der Waals surface area contributed by atoms with Crippen molar-refractivity contribution in [3.63, 3.8) is 0 Å². The van der Waals surface area contributed by atoms with Crippen molar-refractivity contribution in [1.29, 1.82) is 0 Å². The number of fused-ring (bicyclic) bond motifs is 3. The lowest BCUT2D eigenvalue weighted by atomic mass is 9.74. The highest BCUT2D eigenvalue weighted by Crippen LogP contribution is 2.48. The molecule has 0 heterocycles. The van der Waals surface area contributed by atoms with Gasteiger partial charge in [0.25, 0.3) is 0 Å². The van der Waals surface area contributed by atoms with Crippen LogP contribution in [0.1, 0.15) is 25.0 Å². The van der Waals surface area contributed by atoms with Crippen molar-refractivity contribution in [2.45, 2.75) is 19.3 Å². The molecule has 0 fully saturated rings. The molecular weight excluding hydrogens is 295 g/mol. The van der Waals surface area contributed by atoms with E-state index in [1.165, 1.54) is 16.7 Å². The topological polar surface area (TPSA) is 40.5 Å². The van der Waals surface area contributed by atoms with Crippen LogP contribution in [0.15, 0.2) is 66.7 Å². The standard InChI is InChI=1S/C21H19BO2/c1-21(2)17-9-6-10-19(22(23)24)20(17)16-12-11-15(13-18(16)21)14-7-4-3-5-8-14/h3-13,23-24H,1-2H3. The van der Waals surface area contributed by atoms with E-state index in [1.807, 2.05) is 24.3 Å². The number of hydrogen-bond acceptors (Lipinski definition) is 2. The molecule has 118 valence electrons. The zero-order chi connectivity index (χ0) is 16.9. The van der Waals surface area contributed by atoms with E-state index < -0.39 is 7.12 Å². The maximum Gasteiger partial charge on any atom is 0.489 e. The summed E-state index contributed by atoms with van der Waals surface area (Å²) >= 11 is 0. The molecule has 0 saturated heterocycles. The third-order valence-electron chi connectivity index (χ3n) is 5.12. The molecule has 0 bridgehead atoms. The van der Waals surface area contributed by atoms with Gasteiger partial charge in [0.05, 0.1) is 0 Å². The zero-order valence-corrected chi connectivity index (χ0v) is 13.8. The Morgan fingerprint density at radius 3 is 2.21 bits per heavy atom. The van der Waals surface area contributed by atoms with Crippen molar-refractivity contribution < 1.29 is 10.0 Å². The smallest absolute Gasteiger partial charge is 0.423 e. The first-order chi connectivity index (χ1) is 11.5. The van der Waals surface area contributed by atoms with Crippen LogP contribution in [0.3, 0.4) is 0 Å². The molecule has 3 aromatic carbocycles. The molecule has 0 unspecified atom stereocenters. The van der Waals surface area contributed by atoms with Crippen LogP contribution in [0.25, 0.3) is 22.3 Å². The second-order valence-corrected chi connectivity index (χ2v) is 6.89. The molecule has 0 amide bonds. The SMILES string of the molecule is CC1(C)c2cc(-c3ccccc3)ccc2-c2c(B(O)O)cccc21. The van der Waals surface area contributed by atoms with Crippen molar-refractivity contribution in [2.75, 3.05) is 0 Å². The minimum absolute atomic E-state index is 0.166. The fourth-order valence-corrected chi connectivity index (χ4v) is 3.84. The van der Waals surface area contributed by atoms with Crippen LogP contribution in [0.5, 0.6) is 0 Å². The second-order valence-electron chi connectivity index (χ2n) is 6.89. The Balaban J connectivity index is 1.96. The van der Waals surface area contributed by atoms with Gasteiger partial charge in [0.15, 0.2) is 0 Å². The molecule has 0 saturated carbocycles. The number of rotatable bonds is 2. The first-order valence-corrected chi connectivity index (χ1v) is 8.20. The summed E-state index contributed by atoms with van der Waals surface area (Å²) in [5, 5.41) is 19.5. The van der Waals surface area contributed by atoms with E-state index in [1.54, 1.807) is 6.07 Å². The van der Waals surface area contributed by atoms with Crippen LogP contribution < -0.4 is 5.46 Å².